The van der Waals surface area contributed by atoms with E-state index in [2.05, 4.69) is 10.3 Å². The number of halogens is 4. The van der Waals surface area contributed by atoms with Gasteiger partial charge in [-0.15, -0.1) is 11.3 Å². The highest BCUT2D eigenvalue weighted by molar-refractivity contribution is 7.91. The molecule has 43 heavy (non-hydrogen) atoms. The van der Waals surface area contributed by atoms with Gasteiger partial charge in [-0.05, 0) is 53.1 Å². The van der Waals surface area contributed by atoms with E-state index < -0.39 is 62.2 Å². The van der Waals surface area contributed by atoms with E-state index in [-0.39, 0.29) is 28.4 Å². The molecule has 0 saturated heterocycles. The quantitative estimate of drug-likeness (QED) is 0.209. The lowest BCUT2D eigenvalue weighted by atomic mass is 10.0. The third-order valence-electron chi connectivity index (χ3n) is 6.04. The van der Waals surface area contributed by atoms with Crippen molar-refractivity contribution in [3.63, 3.8) is 0 Å². The summed E-state index contributed by atoms with van der Waals surface area (Å²) in [5, 5.41) is 7.74. The summed E-state index contributed by atoms with van der Waals surface area (Å²) in [6, 6.07) is 15.7. The van der Waals surface area contributed by atoms with E-state index in [0.29, 0.717) is 21.3 Å². The summed E-state index contributed by atoms with van der Waals surface area (Å²) in [6.45, 7) is -1.59. The van der Waals surface area contributed by atoms with Crippen molar-refractivity contribution in [1.29, 1.82) is 0 Å². The van der Waals surface area contributed by atoms with Crippen LogP contribution in [-0.2, 0) is 31.4 Å². The van der Waals surface area contributed by atoms with Crippen LogP contribution >= 0.6 is 11.3 Å². The number of aromatic nitrogens is 1. The molecule has 0 saturated carbocycles. The molecule has 3 aromatic carbocycles. The third-order valence-corrected chi connectivity index (χ3v) is 9.77. The van der Waals surface area contributed by atoms with Gasteiger partial charge in [-0.3, -0.25) is 14.7 Å². The predicted molar refractivity (Wildman–Crippen MR) is 155 cm³/mol. The van der Waals surface area contributed by atoms with Crippen LogP contribution in [0.4, 0.5) is 17.6 Å². The van der Waals surface area contributed by atoms with Crippen molar-refractivity contribution in [2.75, 3.05) is 18.8 Å². The second-order valence-corrected chi connectivity index (χ2v) is 13.6. The number of thiazole rings is 1. The summed E-state index contributed by atoms with van der Waals surface area (Å²) in [5.74, 6) is -2.98. The van der Waals surface area contributed by atoms with Crippen molar-refractivity contribution in [3.8, 4) is 11.1 Å². The molecule has 16 heteroatoms. The van der Waals surface area contributed by atoms with E-state index in [1.807, 2.05) is 0 Å². The Morgan fingerprint density at radius 3 is 2.26 bits per heavy atom. The third kappa shape index (κ3) is 8.65. The van der Waals surface area contributed by atoms with Gasteiger partial charge in [-0.1, -0.05) is 30.3 Å². The number of alkyl halides is 3. The zero-order chi connectivity index (χ0) is 31.4. The smallest absolute Gasteiger partial charge is 0.354 e. The van der Waals surface area contributed by atoms with E-state index >= 15 is 0 Å². The SMILES string of the molecule is NS(=O)CCNC(=O)C(c1nc2ccc(-c3ccc(C(=O)NCC(F)(F)F)cc3)cc2s1)S(=O)(=O)Cc1ccc(F)cc1. The highest BCUT2D eigenvalue weighted by atomic mass is 32.2. The predicted octanol–water partition coefficient (Wildman–Crippen LogP) is 3.79. The molecular formula is C27H24F4N4O5S3. The van der Waals surface area contributed by atoms with Crippen LogP contribution in [0.1, 0.15) is 26.2 Å². The van der Waals surface area contributed by atoms with Crippen molar-refractivity contribution >= 4 is 54.2 Å². The fourth-order valence-electron chi connectivity index (χ4n) is 4.02. The van der Waals surface area contributed by atoms with Crippen LogP contribution in [0.15, 0.2) is 66.7 Å². The number of carbonyl (C=O) groups excluding carboxylic acids is 2. The maximum Gasteiger partial charge on any atom is 0.405 e. The standard InChI is InChI=1S/C27H24F4N4O5S3/c28-20-8-1-16(2-9-20)14-43(39,40)23(25(37)33-11-12-42(32)38)26-35-21-10-7-19(13-22(21)41-26)17-3-5-18(6-4-17)24(36)34-15-27(29,30)31/h1-10,13,23H,11-12,14-15,32H2,(H,33,37)(H,34,36). The van der Waals surface area contributed by atoms with Gasteiger partial charge < -0.3 is 10.6 Å². The fraction of sp³-hybridized carbons (Fsp3) is 0.222. The van der Waals surface area contributed by atoms with Crippen LogP contribution in [0.25, 0.3) is 21.3 Å². The van der Waals surface area contributed by atoms with Gasteiger partial charge in [0, 0.05) is 12.1 Å². The molecule has 228 valence electrons. The number of hydrogen-bond donors (Lipinski definition) is 3. The number of fused-ring (bicyclic) bond motifs is 1. The highest BCUT2D eigenvalue weighted by Gasteiger charge is 2.37. The summed E-state index contributed by atoms with van der Waals surface area (Å²) in [7, 11) is -5.95. The fourth-order valence-corrected chi connectivity index (χ4v) is 7.49. The van der Waals surface area contributed by atoms with E-state index in [4.69, 9.17) is 5.14 Å². The molecular weight excluding hydrogens is 633 g/mol. The number of rotatable bonds is 11. The number of nitrogens with one attached hydrogen (secondary N) is 2. The van der Waals surface area contributed by atoms with Gasteiger partial charge in [0.2, 0.25) is 5.91 Å². The second kappa shape index (κ2) is 13.3. The summed E-state index contributed by atoms with van der Waals surface area (Å²) < 4.78 is 89.3. The first kappa shape index (κ1) is 32.2. The normalized spacial score (nSPS) is 13.4. The molecule has 0 radical (unpaired) electrons. The lowest BCUT2D eigenvalue weighted by molar-refractivity contribution is -0.123. The number of hydrogen-bond acceptors (Lipinski definition) is 7. The Labute approximate surface area is 250 Å². The molecule has 4 N–H and O–H groups in total. The number of sulfone groups is 1. The Bertz CT molecular complexity index is 1760. The Hall–Kier alpha value is -3.73. The van der Waals surface area contributed by atoms with E-state index in [0.717, 1.165) is 23.5 Å². The first-order chi connectivity index (χ1) is 20.2. The van der Waals surface area contributed by atoms with E-state index in [1.165, 1.54) is 24.3 Å². The van der Waals surface area contributed by atoms with E-state index in [9.17, 15) is 39.8 Å². The minimum absolute atomic E-state index is 0.0164. The minimum atomic E-state index is -4.54. The first-order valence-electron chi connectivity index (χ1n) is 12.4. The van der Waals surface area contributed by atoms with Crippen molar-refractivity contribution in [1.82, 2.24) is 15.6 Å². The van der Waals surface area contributed by atoms with Crippen LogP contribution < -0.4 is 15.8 Å². The molecule has 2 atom stereocenters. The molecule has 2 unspecified atom stereocenters. The average Bonchev–Trinajstić information content (AvgIpc) is 3.34. The molecule has 0 aliphatic carbocycles. The zero-order valence-electron chi connectivity index (χ0n) is 22.1. The molecule has 4 rings (SSSR count). The molecule has 0 bridgehead atoms. The molecule has 1 heterocycles. The van der Waals surface area contributed by atoms with Crippen LogP contribution in [0.2, 0.25) is 0 Å². The number of nitrogens with zero attached hydrogens (tertiary/aromatic N) is 1. The molecule has 0 aliphatic heterocycles. The van der Waals surface area contributed by atoms with Gasteiger partial charge in [0.25, 0.3) is 5.91 Å². The van der Waals surface area contributed by atoms with Crippen molar-refractivity contribution in [3.05, 3.63) is 88.7 Å². The van der Waals surface area contributed by atoms with Crippen LogP contribution in [-0.4, -0.2) is 54.4 Å². The summed E-state index contributed by atoms with van der Waals surface area (Å²) in [6.07, 6.45) is -4.54. The maximum absolute atomic E-state index is 13.5. The van der Waals surface area contributed by atoms with Crippen LogP contribution in [0, 0.1) is 5.82 Å². The van der Waals surface area contributed by atoms with Gasteiger partial charge in [-0.25, -0.2) is 22.0 Å². The summed E-state index contributed by atoms with van der Waals surface area (Å²) in [5.41, 5.74) is 1.97. The van der Waals surface area contributed by atoms with Gasteiger partial charge in [0.1, 0.15) is 17.4 Å². The Morgan fingerprint density at radius 2 is 1.63 bits per heavy atom. The number of carbonyl (C=O) groups is 2. The lowest BCUT2D eigenvalue weighted by Gasteiger charge is -2.15. The van der Waals surface area contributed by atoms with Gasteiger partial charge >= 0.3 is 6.18 Å². The molecule has 1 aromatic heterocycles. The Morgan fingerprint density at radius 1 is 0.977 bits per heavy atom. The number of nitrogens with two attached hydrogens (primary N) is 1. The highest BCUT2D eigenvalue weighted by Crippen LogP contribution is 2.35. The van der Waals surface area contributed by atoms with Crippen molar-refractivity contribution in [2.45, 2.75) is 17.2 Å². The largest absolute Gasteiger partial charge is 0.405 e. The Balaban J connectivity index is 1.62. The minimum Gasteiger partial charge on any atom is -0.354 e. The molecule has 0 spiro atoms. The van der Waals surface area contributed by atoms with Crippen molar-refractivity contribution < 1.29 is 39.8 Å². The average molecular weight is 657 g/mol. The van der Waals surface area contributed by atoms with E-state index in [1.54, 1.807) is 35.6 Å². The van der Waals surface area contributed by atoms with Crippen LogP contribution in [0.5, 0.6) is 0 Å². The molecule has 4 aromatic rings. The summed E-state index contributed by atoms with van der Waals surface area (Å²) >= 11 is 0.973. The van der Waals surface area contributed by atoms with Crippen LogP contribution in [0.3, 0.4) is 0 Å². The number of benzene rings is 3. The maximum atomic E-state index is 13.5. The molecule has 0 fully saturated rings. The van der Waals surface area contributed by atoms with Gasteiger partial charge in [0.05, 0.1) is 32.7 Å². The summed E-state index contributed by atoms with van der Waals surface area (Å²) in [4.78, 5) is 29.6. The topological polar surface area (TPSA) is 148 Å². The van der Waals surface area contributed by atoms with Gasteiger partial charge in [-0.2, -0.15) is 13.2 Å². The first-order valence-corrected chi connectivity index (χ1v) is 16.4. The lowest BCUT2D eigenvalue weighted by Crippen LogP contribution is -2.36. The molecule has 0 aliphatic rings. The Kier molecular flexibility index (Phi) is 9.94. The second-order valence-electron chi connectivity index (χ2n) is 9.30. The zero-order valence-corrected chi connectivity index (χ0v) is 24.5. The monoisotopic (exact) mass is 656 g/mol. The molecule has 2 amide bonds. The van der Waals surface area contributed by atoms with Gasteiger partial charge in [0.15, 0.2) is 15.1 Å². The number of amides is 2. The van der Waals surface area contributed by atoms with Crippen molar-refractivity contribution in [2.24, 2.45) is 5.14 Å². The molecule has 9 nitrogen and oxygen atoms in total.